The van der Waals surface area contributed by atoms with E-state index in [-0.39, 0.29) is 0 Å². The molecule has 0 bridgehead atoms. The fourth-order valence-corrected chi connectivity index (χ4v) is 2.09. The van der Waals surface area contributed by atoms with Gasteiger partial charge in [0.1, 0.15) is 0 Å². The Morgan fingerprint density at radius 3 is 2.78 bits per heavy atom. The van der Waals surface area contributed by atoms with Crippen LogP contribution in [0.25, 0.3) is 11.4 Å². The smallest absolute Gasteiger partial charge is 0.0880 e. The Hall–Kier alpha value is -1.72. The summed E-state index contributed by atoms with van der Waals surface area (Å²) in [6.07, 6.45) is 3.67. The van der Waals surface area contributed by atoms with Gasteiger partial charge in [0.2, 0.25) is 0 Å². The number of H-pyrrole nitrogens is 1. The highest BCUT2D eigenvalue weighted by Crippen LogP contribution is 2.14. The predicted molar refractivity (Wildman–Crippen MR) is 67.9 cm³/mol. The van der Waals surface area contributed by atoms with E-state index in [1.54, 1.807) is 6.20 Å². The zero-order chi connectivity index (χ0) is 12.2. The van der Waals surface area contributed by atoms with Gasteiger partial charge in [-0.05, 0) is 17.7 Å². The summed E-state index contributed by atoms with van der Waals surface area (Å²) in [6.45, 7) is 4.61. The van der Waals surface area contributed by atoms with Crippen LogP contribution < -0.4 is 0 Å². The van der Waals surface area contributed by atoms with Crippen LogP contribution in [0.1, 0.15) is 5.56 Å². The van der Waals surface area contributed by atoms with Crippen molar-refractivity contribution in [2.24, 2.45) is 0 Å². The maximum atomic E-state index is 5.34. The number of rotatable bonds is 3. The van der Waals surface area contributed by atoms with E-state index in [1.165, 1.54) is 5.56 Å². The van der Waals surface area contributed by atoms with Crippen LogP contribution in [0.2, 0.25) is 0 Å². The molecule has 1 saturated heterocycles. The van der Waals surface area contributed by atoms with E-state index in [9.17, 15) is 0 Å². The molecule has 0 aliphatic carbocycles. The summed E-state index contributed by atoms with van der Waals surface area (Å²) in [5.41, 5.74) is 3.12. The second-order valence-electron chi connectivity index (χ2n) is 4.41. The van der Waals surface area contributed by atoms with Gasteiger partial charge in [-0.15, -0.1) is 0 Å². The molecule has 0 spiro atoms. The minimum Gasteiger partial charge on any atom is -0.379 e. The first-order valence-corrected chi connectivity index (χ1v) is 6.16. The van der Waals surface area contributed by atoms with Crippen molar-refractivity contribution in [3.05, 3.63) is 36.2 Å². The van der Waals surface area contributed by atoms with Crippen LogP contribution in [-0.2, 0) is 11.3 Å². The number of nitrogens with one attached hydrogen (secondary N) is 1. The normalized spacial score (nSPS) is 16.9. The summed E-state index contributed by atoms with van der Waals surface area (Å²) in [7, 11) is 0. The monoisotopic (exact) mass is 244 g/mol. The predicted octanol–water partition coefficient (Wildman–Crippen LogP) is 1.30. The minimum absolute atomic E-state index is 0.833. The maximum Gasteiger partial charge on any atom is 0.0880 e. The molecule has 3 rings (SSSR count). The molecule has 1 aliphatic rings. The molecule has 0 atom stereocenters. The first-order chi connectivity index (χ1) is 8.92. The van der Waals surface area contributed by atoms with E-state index in [2.05, 4.69) is 26.1 Å². The molecule has 0 radical (unpaired) electrons. The van der Waals surface area contributed by atoms with Crippen LogP contribution in [0, 0.1) is 0 Å². The third-order valence-electron chi connectivity index (χ3n) is 3.11. The molecule has 0 saturated carbocycles. The van der Waals surface area contributed by atoms with Crippen molar-refractivity contribution in [2.45, 2.75) is 6.54 Å². The molecule has 0 unspecified atom stereocenters. The van der Waals surface area contributed by atoms with Crippen LogP contribution in [0.5, 0.6) is 0 Å². The molecule has 5 heteroatoms. The molecule has 1 fully saturated rings. The van der Waals surface area contributed by atoms with Crippen molar-refractivity contribution >= 4 is 0 Å². The average Bonchev–Trinajstić information content (AvgIpc) is 2.95. The Kier molecular flexibility index (Phi) is 3.34. The topological polar surface area (TPSA) is 54.0 Å². The summed E-state index contributed by atoms with van der Waals surface area (Å²) in [5.74, 6) is 0. The fraction of sp³-hybridized carbons (Fsp3) is 0.385. The molecule has 1 N–H and O–H groups in total. The van der Waals surface area contributed by atoms with E-state index in [0.717, 1.165) is 44.2 Å². The quantitative estimate of drug-likeness (QED) is 0.884. The lowest BCUT2D eigenvalue weighted by molar-refractivity contribution is 0.0341. The second kappa shape index (κ2) is 5.29. The zero-order valence-corrected chi connectivity index (χ0v) is 10.2. The SMILES string of the molecule is c1cc(-c2ccc(CN3CCOCC3)cn2)[nH]n1. The lowest BCUT2D eigenvalue weighted by atomic mass is 10.2. The lowest BCUT2D eigenvalue weighted by Crippen LogP contribution is -2.35. The molecule has 0 aromatic carbocycles. The lowest BCUT2D eigenvalue weighted by Gasteiger charge is -2.26. The summed E-state index contributed by atoms with van der Waals surface area (Å²) in [4.78, 5) is 6.84. The third kappa shape index (κ3) is 2.57. The molecule has 5 nitrogen and oxygen atoms in total. The molecule has 94 valence electrons. The first kappa shape index (κ1) is 11.4. The largest absolute Gasteiger partial charge is 0.379 e. The zero-order valence-electron chi connectivity index (χ0n) is 10.2. The number of aromatic amines is 1. The van der Waals surface area contributed by atoms with Gasteiger partial charge in [-0.3, -0.25) is 15.0 Å². The van der Waals surface area contributed by atoms with Crippen molar-refractivity contribution < 1.29 is 4.74 Å². The van der Waals surface area contributed by atoms with Gasteiger partial charge in [0.05, 0.1) is 24.6 Å². The van der Waals surface area contributed by atoms with E-state index in [4.69, 9.17) is 4.74 Å². The minimum atomic E-state index is 0.833. The van der Waals surface area contributed by atoms with Crippen molar-refractivity contribution in [3.8, 4) is 11.4 Å². The number of hydrogen-bond acceptors (Lipinski definition) is 4. The highest BCUT2D eigenvalue weighted by molar-refractivity contribution is 5.52. The average molecular weight is 244 g/mol. The second-order valence-corrected chi connectivity index (χ2v) is 4.41. The van der Waals surface area contributed by atoms with Crippen LogP contribution in [0.3, 0.4) is 0 Å². The van der Waals surface area contributed by atoms with Crippen molar-refractivity contribution in [1.82, 2.24) is 20.1 Å². The number of pyridine rings is 1. The molecule has 18 heavy (non-hydrogen) atoms. The molecule has 3 heterocycles. The van der Waals surface area contributed by atoms with E-state index in [0.29, 0.717) is 0 Å². The van der Waals surface area contributed by atoms with Gasteiger partial charge in [0.15, 0.2) is 0 Å². The number of hydrogen-bond donors (Lipinski definition) is 1. The Morgan fingerprint density at radius 2 is 2.11 bits per heavy atom. The van der Waals surface area contributed by atoms with Crippen LogP contribution in [0.4, 0.5) is 0 Å². The highest BCUT2D eigenvalue weighted by Gasteiger charge is 2.10. The molecule has 2 aromatic heterocycles. The van der Waals surface area contributed by atoms with Crippen LogP contribution in [0.15, 0.2) is 30.6 Å². The van der Waals surface area contributed by atoms with Gasteiger partial charge in [-0.1, -0.05) is 6.07 Å². The Labute approximate surface area is 106 Å². The summed E-state index contributed by atoms with van der Waals surface area (Å²) in [6, 6.07) is 6.08. The van der Waals surface area contributed by atoms with Crippen LogP contribution in [-0.4, -0.2) is 46.4 Å². The highest BCUT2D eigenvalue weighted by atomic mass is 16.5. The van der Waals surface area contributed by atoms with Crippen LogP contribution >= 0.6 is 0 Å². The van der Waals surface area contributed by atoms with Gasteiger partial charge >= 0.3 is 0 Å². The maximum absolute atomic E-state index is 5.34. The summed E-state index contributed by atoms with van der Waals surface area (Å²) in [5, 5.41) is 6.84. The van der Waals surface area contributed by atoms with Gasteiger partial charge in [-0.25, -0.2) is 0 Å². The molecule has 2 aromatic rings. The van der Waals surface area contributed by atoms with Crippen molar-refractivity contribution in [2.75, 3.05) is 26.3 Å². The Balaban J connectivity index is 1.67. The first-order valence-electron chi connectivity index (χ1n) is 6.16. The summed E-state index contributed by atoms with van der Waals surface area (Å²) < 4.78 is 5.34. The number of nitrogens with zero attached hydrogens (tertiary/aromatic N) is 3. The molecular formula is C13H16N4O. The van der Waals surface area contributed by atoms with Gasteiger partial charge in [0.25, 0.3) is 0 Å². The van der Waals surface area contributed by atoms with E-state index < -0.39 is 0 Å². The van der Waals surface area contributed by atoms with Gasteiger partial charge in [-0.2, -0.15) is 5.10 Å². The fourth-order valence-electron chi connectivity index (χ4n) is 2.09. The number of ether oxygens (including phenoxy) is 1. The van der Waals surface area contributed by atoms with E-state index in [1.807, 2.05) is 18.3 Å². The number of aromatic nitrogens is 3. The van der Waals surface area contributed by atoms with Crippen molar-refractivity contribution in [3.63, 3.8) is 0 Å². The standard InChI is InChI=1S/C13H16N4O/c1-2-12(13-3-4-15-16-13)14-9-11(1)10-17-5-7-18-8-6-17/h1-4,9H,5-8,10H2,(H,15,16). The summed E-state index contributed by atoms with van der Waals surface area (Å²) >= 11 is 0. The van der Waals surface area contributed by atoms with Gasteiger partial charge < -0.3 is 4.74 Å². The third-order valence-corrected chi connectivity index (χ3v) is 3.11. The Bertz CT molecular complexity index is 474. The molecule has 1 aliphatic heterocycles. The van der Waals surface area contributed by atoms with E-state index >= 15 is 0 Å². The van der Waals surface area contributed by atoms with Gasteiger partial charge in [0, 0.05) is 32.0 Å². The van der Waals surface area contributed by atoms with Crippen molar-refractivity contribution in [1.29, 1.82) is 0 Å². The molecule has 0 amide bonds. The molecular weight excluding hydrogens is 228 g/mol. The number of morpholine rings is 1. The Morgan fingerprint density at radius 1 is 1.22 bits per heavy atom.